The van der Waals surface area contributed by atoms with Crippen LogP contribution in [0.5, 0.6) is 11.5 Å². The zero-order chi connectivity index (χ0) is 26.9. The third kappa shape index (κ3) is 6.45. The van der Waals surface area contributed by atoms with Gasteiger partial charge in [-0.2, -0.15) is 0 Å². The number of ether oxygens (including phenoxy) is 1. The maximum atomic E-state index is 13.2. The van der Waals surface area contributed by atoms with Gasteiger partial charge in [0.15, 0.2) is 5.82 Å². The lowest BCUT2D eigenvalue weighted by Gasteiger charge is -2.49. The van der Waals surface area contributed by atoms with E-state index in [1.807, 2.05) is 11.9 Å². The van der Waals surface area contributed by atoms with E-state index in [0.29, 0.717) is 5.82 Å². The lowest BCUT2D eigenvalue weighted by Crippen LogP contribution is -2.62. The Balaban J connectivity index is 1.99. The summed E-state index contributed by atoms with van der Waals surface area (Å²) in [5.41, 5.74) is 0.0407. The van der Waals surface area contributed by atoms with Crippen LogP contribution >= 0.6 is 0 Å². The van der Waals surface area contributed by atoms with Gasteiger partial charge in [0.25, 0.3) is 0 Å². The van der Waals surface area contributed by atoms with Crippen LogP contribution in [0, 0.1) is 5.41 Å². The number of anilines is 1. The van der Waals surface area contributed by atoms with E-state index in [9.17, 15) is 18.3 Å². The molecule has 0 radical (unpaired) electrons. The van der Waals surface area contributed by atoms with E-state index in [-0.39, 0.29) is 39.5 Å². The van der Waals surface area contributed by atoms with Crippen molar-refractivity contribution in [2.75, 3.05) is 19.0 Å². The Kier molecular flexibility index (Phi) is 7.54. The normalized spacial score (nSPS) is 18.0. The molecule has 8 nitrogen and oxygen atoms in total. The summed E-state index contributed by atoms with van der Waals surface area (Å²) < 4.78 is 43.9. The van der Waals surface area contributed by atoms with Crippen molar-refractivity contribution in [2.45, 2.75) is 64.0 Å². The van der Waals surface area contributed by atoms with E-state index in [1.54, 1.807) is 13.1 Å². The van der Waals surface area contributed by atoms with Crippen molar-refractivity contribution in [3.8, 4) is 22.8 Å². The van der Waals surface area contributed by atoms with Gasteiger partial charge in [0, 0.05) is 49.2 Å². The fraction of sp³-hybridized carbons (Fsp3) is 0.480. The molecule has 0 saturated carbocycles. The van der Waals surface area contributed by atoms with E-state index < -0.39 is 17.9 Å². The molecule has 0 aliphatic carbocycles. The van der Waals surface area contributed by atoms with Crippen molar-refractivity contribution >= 4 is 17.6 Å². The Morgan fingerprint density at radius 1 is 1.19 bits per heavy atom. The quantitative estimate of drug-likeness (QED) is 0.403. The molecular formula is C25H33F3N6O2. The average Bonchev–Trinajstić information content (AvgIpc) is 2.73. The Labute approximate surface area is 209 Å². The molecule has 196 valence electrons. The fourth-order valence-corrected chi connectivity index (χ4v) is 4.97. The first-order valence-corrected chi connectivity index (χ1v) is 11.5. The molecule has 1 aliphatic heterocycles. The third-order valence-electron chi connectivity index (χ3n) is 6.08. The molecular weight excluding hydrogens is 473 g/mol. The van der Waals surface area contributed by atoms with E-state index in [1.165, 1.54) is 18.3 Å². The molecule has 1 saturated heterocycles. The molecule has 0 bridgehead atoms. The molecule has 1 aromatic heterocycles. The van der Waals surface area contributed by atoms with Gasteiger partial charge in [0.2, 0.25) is 0 Å². The van der Waals surface area contributed by atoms with Gasteiger partial charge < -0.3 is 30.8 Å². The highest BCUT2D eigenvalue weighted by atomic mass is 19.4. The molecule has 4 N–H and O–H groups in total. The number of nitrogens with zero attached hydrogens (tertiary/aromatic N) is 3. The van der Waals surface area contributed by atoms with Gasteiger partial charge in [-0.15, -0.1) is 23.4 Å². The smallest absolute Gasteiger partial charge is 0.507 e. The van der Waals surface area contributed by atoms with E-state index in [0.717, 1.165) is 25.1 Å². The second kappa shape index (κ2) is 9.96. The predicted molar refractivity (Wildman–Crippen MR) is 134 cm³/mol. The second-order valence-electron chi connectivity index (χ2n) is 10.3. The largest absolute Gasteiger partial charge is 0.573 e. The number of rotatable bonds is 7. The van der Waals surface area contributed by atoms with E-state index >= 15 is 0 Å². The minimum atomic E-state index is -5.00. The zero-order valence-electron chi connectivity index (χ0n) is 21.3. The molecule has 1 fully saturated rings. The second-order valence-corrected chi connectivity index (χ2v) is 10.3. The van der Waals surface area contributed by atoms with Crippen molar-refractivity contribution in [3.05, 3.63) is 36.0 Å². The number of benzene rings is 1. The van der Waals surface area contributed by atoms with Crippen molar-refractivity contribution in [1.29, 1.82) is 5.41 Å². The fourth-order valence-electron chi connectivity index (χ4n) is 4.97. The van der Waals surface area contributed by atoms with Crippen LogP contribution in [0.2, 0.25) is 0 Å². The van der Waals surface area contributed by atoms with Crippen LogP contribution in [0.1, 0.15) is 46.1 Å². The average molecular weight is 507 g/mol. The molecule has 11 heteroatoms. The zero-order valence-corrected chi connectivity index (χ0v) is 21.3. The van der Waals surface area contributed by atoms with Crippen LogP contribution < -0.4 is 20.3 Å². The molecule has 36 heavy (non-hydrogen) atoms. The summed E-state index contributed by atoms with van der Waals surface area (Å²) in [7, 11) is 3.51. The monoisotopic (exact) mass is 506 g/mol. The van der Waals surface area contributed by atoms with Crippen molar-refractivity contribution < 1.29 is 23.0 Å². The first-order valence-electron chi connectivity index (χ1n) is 11.5. The molecule has 1 aliphatic rings. The van der Waals surface area contributed by atoms with Crippen LogP contribution in [-0.2, 0) is 0 Å². The van der Waals surface area contributed by atoms with Crippen LogP contribution in [0.15, 0.2) is 30.5 Å². The minimum Gasteiger partial charge on any atom is -0.507 e. The van der Waals surface area contributed by atoms with Gasteiger partial charge in [0.05, 0.1) is 5.56 Å². The molecule has 0 unspecified atom stereocenters. The Morgan fingerprint density at radius 3 is 2.33 bits per heavy atom. The lowest BCUT2D eigenvalue weighted by atomic mass is 9.79. The Morgan fingerprint density at radius 2 is 1.83 bits per heavy atom. The van der Waals surface area contributed by atoms with Crippen LogP contribution in [0.4, 0.5) is 19.0 Å². The summed E-state index contributed by atoms with van der Waals surface area (Å²) in [4.78, 5) is 2.02. The van der Waals surface area contributed by atoms with Gasteiger partial charge in [0.1, 0.15) is 17.2 Å². The highest BCUT2D eigenvalue weighted by Crippen LogP contribution is 2.42. The number of piperidine rings is 1. The van der Waals surface area contributed by atoms with Gasteiger partial charge >= 0.3 is 6.36 Å². The number of halogens is 3. The van der Waals surface area contributed by atoms with E-state index in [4.69, 9.17) is 5.41 Å². The summed E-state index contributed by atoms with van der Waals surface area (Å²) in [5.74, 6) is -0.554. The number of aromatic hydroxyl groups is 1. The first-order chi connectivity index (χ1) is 16.6. The van der Waals surface area contributed by atoms with Crippen molar-refractivity contribution in [3.63, 3.8) is 0 Å². The first kappa shape index (κ1) is 27.3. The topological polar surface area (TPSA) is 106 Å². The van der Waals surface area contributed by atoms with E-state index in [2.05, 4.69) is 53.3 Å². The van der Waals surface area contributed by atoms with Gasteiger partial charge in [-0.1, -0.05) is 0 Å². The number of allylic oxidation sites excluding steroid dienone is 1. The summed E-state index contributed by atoms with van der Waals surface area (Å²) >= 11 is 0. The molecule has 3 rings (SSSR count). The Hall–Kier alpha value is -3.34. The number of alkyl halides is 3. The maximum absolute atomic E-state index is 13.2. The molecule has 0 amide bonds. The number of hydrogen-bond acceptors (Lipinski definition) is 8. The molecule has 2 heterocycles. The summed E-state index contributed by atoms with van der Waals surface area (Å²) in [6, 6.07) is 5.71. The lowest BCUT2D eigenvalue weighted by molar-refractivity contribution is -0.274. The SMILES string of the molecule is CN/C=C(\C=N)c1cc(O)c(-c2ccc(N(C)C3CC(C)(C)NC(C)(C)C3)nn2)c(OC(F)(F)F)c1. The number of nitrogens with one attached hydrogen (secondary N) is 3. The number of aromatic nitrogens is 2. The van der Waals surface area contributed by atoms with Crippen LogP contribution in [0.25, 0.3) is 16.8 Å². The van der Waals surface area contributed by atoms with Crippen molar-refractivity contribution in [2.24, 2.45) is 0 Å². The number of phenolic OH excluding ortho intramolecular Hbond substituents is 1. The molecule has 2 aromatic rings. The summed E-state index contributed by atoms with van der Waals surface area (Å²) in [6.07, 6.45) is -0.877. The Bertz CT molecular complexity index is 1110. The van der Waals surface area contributed by atoms with Crippen molar-refractivity contribution in [1.82, 2.24) is 20.8 Å². The van der Waals surface area contributed by atoms with Gasteiger partial charge in [-0.25, -0.2) is 0 Å². The van der Waals surface area contributed by atoms with Gasteiger partial charge in [-0.05, 0) is 70.4 Å². The highest BCUT2D eigenvalue weighted by molar-refractivity contribution is 6.08. The molecule has 0 spiro atoms. The highest BCUT2D eigenvalue weighted by Gasteiger charge is 2.39. The maximum Gasteiger partial charge on any atom is 0.573 e. The molecule has 1 aromatic carbocycles. The summed E-state index contributed by atoms with van der Waals surface area (Å²) in [5, 5.41) is 32.9. The minimum absolute atomic E-state index is 0.0235. The third-order valence-corrected chi connectivity index (χ3v) is 6.08. The number of phenols is 1. The van der Waals surface area contributed by atoms with Gasteiger partial charge in [-0.3, -0.25) is 0 Å². The van der Waals surface area contributed by atoms with Crippen LogP contribution in [-0.4, -0.2) is 59.1 Å². The predicted octanol–water partition coefficient (Wildman–Crippen LogP) is 4.70. The number of hydrogen-bond donors (Lipinski definition) is 4. The standard InChI is InChI=1S/C25H33F3N6O2/c1-23(2)11-17(12-24(3,4)33-23)34(6)21-8-7-18(31-32-21)22-19(35)9-15(16(13-29)14-30-5)10-20(22)36-25(26,27)28/h7-10,13-14,17,29-30,33,35H,11-12H2,1-6H3/b16-14+,29-13?. The van der Waals surface area contributed by atoms with Crippen LogP contribution in [0.3, 0.4) is 0 Å². The molecule has 0 atom stereocenters. The summed E-state index contributed by atoms with van der Waals surface area (Å²) in [6.45, 7) is 8.59.